The summed E-state index contributed by atoms with van der Waals surface area (Å²) in [6.07, 6.45) is 8.65. The van der Waals surface area contributed by atoms with Gasteiger partial charge in [-0.3, -0.25) is 10.1 Å². The van der Waals surface area contributed by atoms with Gasteiger partial charge in [0.2, 0.25) is 17.8 Å². The van der Waals surface area contributed by atoms with Gasteiger partial charge in [0.05, 0.1) is 18.2 Å². The average Bonchev–Trinajstić information content (AvgIpc) is 3.01. The smallest absolute Gasteiger partial charge is 0.269 e. The van der Waals surface area contributed by atoms with Crippen molar-refractivity contribution in [2.75, 3.05) is 48.5 Å². The van der Waals surface area contributed by atoms with Crippen molar-refractivity contribution in [1.29, 1.82) is 0 Å². The van der Waals surface area contributed by atoms with E-state index in [1.165, 1.54) is 25.0 Å². The second-order valence-corrected chi connectivity index (χ2v) is 9.85. The van der Waals surface area contributed by atoms with E-state index in [0.29, 0.717) is 34.9 Å². The number of methoxy groups -OCH3 is 1. The van der Waals surface area contributed by atoms with Crippen LogP contribution in [0.5, 0.6) is 11.5 Å². The first-order valence-electron chi connectivity index (χ1n) is 13.7. The number of nitro groups is 1. The Morgan fingerprint density at radius 3 is 2.23 bits per heavy atom. The summed E-state index contributed by atoms with van der Waals surface area (Å²) in [6, 6.07) is 11.8. The number of non-ortho nitro benzene ring substituents is 1. The first-order chi connectivity index (χ1) is 19.6. The zero-order valence-electron chi connectivity index (χ0n) is 22.7. The van der Waals surface area contributed by atoms with Gasteiger partial charge in [0.25, 0.3) is 5.69 Å². The Hall–Kier alpha value is -4.48. The molecule has 0 saturated carbocycles. The van der Waals surface area contributed by atoms with Crippen LogP contribution in [0, 0.1) is 10.1 Å². The summed E-state index contributed by atoms with van der Waals surface area (Å²) in [6.45, 7) is 3.92. The summed E-state index contributed by atoms with van der Waals surface area (Å²) in [7, 11) is 1.56. The van der Waals surface area contributed by atoms with E-state index in [0.717, 1.165) is 57.4 Å². The minimum absolute atomic E-state index is 0.0187. The van der Waals surface area contributed by atoms with Crippen LogP contribution >= 0.6 is 0 Å². The predicted molar refractivity (Wildman–Crippen MR) is 154 cm³/mol. The number of piperidine rings is 2. The maximum atomic E-state index is 11.1. The fourth-order valence-corrected chi connectivity index (χ4v) is 4.85. The van der Waals surface area contributed by atoms with Gasteiger partial charge in [0.15, 0.2) is 11.5 Å². The third kappa shape index (κ3) is 6.93. The normalized spacial score (nSPS) is 15.7. The van der Waals surface area contributed by atoms with Crippen molar-refractivity contribution >= 4 is 29.7 Å². The van der Waals surface area contributed by atoms with Crippen molar-refractivity contribution < 1.29 is 14.4 Å². The van der Waals surface area contributed by atoms with Gasteiger partial charge in [0, 0.05) is 38.3 Å². The molecule has 0 spiro atoms. The molecule has 210 valence electrons. The van der Waals surface area contributed by atoms with Gasteiger partial charge in [0.1, 0.15) is 6.61 Å². The lowest BCUT2D eigenvalue weighted by atomic mass is 10.1. The topological polar surface area (TPSA) is 131 Å². The summed E-state index contributed by atoms with van der Waals surface area (Å²) in [4.78, 5) is 29.3. The molecule has 2 aliphatic rings. The molecule has 12 heteroatoms. The average molecular weight is 547 g/mol. The van der Waals surface area contributed by atoms with Gasteiger partial charge in [-0.05, 0) is 67.9 Å². The van der Waals surface area contributed by atoms with Crippen LogP contribution in [0.2, 0.25) is 0 Å². The molecule has 2 fully saturated rings. The van der Waals surface area contributed by atoms with Crippen LogP contribution in [0.1, 0.15) is 49.7 Å². The molecule has 0 aliphatic carbocycles. The largest absolute Gasteiger partial charge is 0.493 e. The van der Waals surface area contributed by atoms with Crippen LogP contribution in [0.4, 0.5) is 23.5 Å². The molecule has 2 aliphatic heterocycles. The van der Waals surface area contributed by atoms with Crippen LogP contribution in [0.3, 0.4) is 0 Å². The highest BCUT2D eigenvalue weighted by molar-refractivity contribution is 5.81. The van der Waals surface area contributed by atoms with E-state index in [4.69, 9.17) is 14.5 Å². The monoisotopic (exact) mass is 546 g/mol. The summed E-state index contributed by atoms with van der Waals surface area (Å²) in [5.41, 5.74) is 4.46. The molecule has 0 unspecified atom stereocenters. The van der Waals surface area contributed by atoms with Gasteiger partial charge < -0.3 is 19.3 Å². The van der Waals surface area contributed by atoms with E-state index in [1.807, 2.05) is 6.07 Å². The second-order valence-electron chi connectivity index (χ2n) is 9.85. The Balaban J connectivity index is 1.30. The summed E-state index contributed by atoms with van der Waals surface area (Å²) in [5.74, 6) is 2.83. The first kappa shape index (κ1) is 27.1. The van der Waals surface area contributed by atoms with Crippen molar-refractivity contribution in [1.82, 2.24) is 15.0 Å². The fraction of sp³-hybridized carbons (Fsp3) is 0.429. The molecule has 0 atom stereocenters. The van der Waals surface area contributed by atoms with E-state index in [1.54, 1.807) is 37.6 Å². The van der Waals surface area contributed by atoms with Crippen molar-refractivity contribution in [2.45, 2.75) is 45.1 Å². The van der Waals surface area contributed by atoms with Gasteiger partial charge >= 0.3 is 0 Å². The van der Waals surface area contributed by atoms with Crippen LogP contribution in [0.25, 0.3) is 0 Å². The highest BCUT2D eigenvalue weighted by atomic mass is 16.6. The maximum Gasteiger partial charge on any atom is 0.269 e. The number of anilines is 3. The quantitative estimate of drug-likeness (QED) is 0.215. The number of ether oxygens (including phenoxy) is 2. The molecule has 0 bridgehead atoms. The van der Waals surface area contributed by atoms with E-state index >= 15 is 0 Å². The highest BCUT2D eigenvalue weighted by Gasteiger charge is 2.20. The van der Waals surface area contributed by atoms with Crippen LogP contribution in [-0.2, 0) is 6.61 Å². The minimum Gasteiger partial charge on any atom is -0.493 e. The number of hydrazone groups is 1. The highest BCUT2D eigenvalue weighted by Crippen LogP contribution is 2.29. The lowest BCUT2D eigenvalue weighted by Gasteiger charge is -2.30. The van der Waals surface area contributed by atoms with Gasteiger partial charge in [-0.25, -0.2) is 5.43 Å². The zero-order chi connectivity index (χ0) is 27.7. The van der Waals surface area contributed by atoms with Gasteiger partial charge in [-0.15, -0.1) is 0 Å². The molecule has 0 radical (unpaired) electrons. The number of nitrogens with one attached hydrogen (secondary N) is 1. The third-order valence-corrected chi connectivity index (χ3v) is 6.97. The molecule has 2 saturated heterocycles. The number of nitrogens with zero attached hydrogens (tertiary/aromatic N) is 7. The summed E-state index contributed by atoms with van der Waals surface area (Å²) >= 11 is 0. The van der Waals surface area contributed by atoms with Crippen LogP contribution in [0.15, 0.2) is 47.6 Å². The third-order valence-electron chi connectivity index (χ3n) is 6.97. The number of rotatable bonds is 10. The van der Waals surface area contributed by atoms with E-state index in [-0.39, 0.29) is 12.3 Å². The predicted octanol–water partition coefficient (Wildman–Crippen LogP) is 4.79. The molecule has 40 heavy (non-hydrogen) atoms. The molecule has 1 aromatic heterocycles. The lowest BCUT2D eigenvalue weighted by molar-refractivity contribution is -0.384. The Morgan fingerprint density at radius 2 is 1.60 bits per heavy atom. The second kappa shape index (κ2) is 13.0. The molecular weight excluding hydrogens is 512 g/mol. The molecule has 0 amide bonds. The number of hydrogen-bond acceptors (Lipinski definition) is 11. The van der Waals surface area contributed by atoms with Gasteiger partial charge in [-0.2, -0.15) is 20.1 Å². The summed E-state index contributed by atoms with van der Waals surface area (Å²) < 4.78 is 11.4. The number of aromatic nitrogens is 3. The zero-order valence-corrected chi connectivity index (χ0v) is 22.7. The lowest BCUT2D eigenvalue weighted by Crippen LogP contribution is -2.34. The maximum absolute atomic E-state index is 11.1. The Morgan fingerprint density at radius 1 is 0.925 bits per heavy atom. The molecule has 1 N–H and O–H groups in total. The minimum atomic E-state index is -0.425. The van der Waals surface area contributed by atoms with Crippen molar-refractivity contribution in [3.8, 4) is 11.5 Å². The summed E-state index contributed by atoms with van der Waals surface area (Å²) in [5, 5.41) is 15.5. The Kier molecular flexibility index (Phi) is 8.84. The van der Waals surface area contributed by atoms with Crippen molar-refractivity contribution in [3.05, 3.63) is 63.7 Å². The number of benzene rings is 2. The van der Waals surface area contributed by atoms with E-state index in [9.17, 15) is 10.1 Å². The first-order valence-corrected chi connectivity index (χ1v) is 13.7. The van der Waals surface area contributed by atoms with Crippen LogP contribution < -0.4 is 24.7 Å². The van der Waals surface area contributed by atoms with Crippen LogP contribution in [-0.4, -0.2) is 59.4 Å². The molecule has 3 heterocycles. The molecule has 5 rings (SSSR count). The Labute approximate surface area is 233 Å². The Bertz CT molecular complexity index is 1300. The van der Waals surface area contributed by atoms with Crippen molar-refractivity contribution in [3.63, 3.8) is 0 Å². The fourth-order valence-electron chi connectivity index (χ4n) is 4.85. The van der Waals surface area contributed by atoms with E-state index < -0.39 is 4.92 Å². The molecule has 12 nitrogen and oxygen atoms in total. The molecular formula is C28H34N8O4. The molecule has 2 aromatic carbocycles. The molecule has 3 aromatic rings. The van der Waals surface area contributed by atoms with Gasteiger partial charge in [-0.1, -0.05) is 12.1 Å². The number of nitro benzene ring substituents is 1. The van der Waals surface area contributed by atoms with Crippen molar-refractivity contribution in [2.24, 2.45) is 5.10 Å². The van der Waals surface area contributed by atoms with E-state index in [2.05, 4.69) is 30.3 Å². The number of hydrogen-bond donors (Lipinski definition) is 1. The standard InChI is InChI=1S/C28H34N8O4/c1-39-24-12-11-21(18-25(24)40-20-22-9-8-10-23(17-22)36(37)38)19-29-33-26-30-27(34-13-4-2-5-14-34)32-28(31-26)35-15-6-3-7-16-35/h8-12,17-19H,2-7,13-16,20H2,1H3,(H,30,31,32,33)/b29-19-. The SMILES string of the molecule is COc1ccc(/C=N\Nc2nc(N3CCCCC3)nc(N3CCCCC3)n2)cc1OCc1cccc([N+](=O)[O-])c1.